The minimum Gasteiger partial charge on any atom is -0.329 e. The smallest absolute Gasteiger partial charge is 0.0238 e. The number of rotatable bonds is 4. The molecule has 1 heterocycles. The largest absolute Gasteiger partial charge is 0.329 e. The predicted molar refractivity (Wildman–Crippen MR) is 56.8 cm³/mol. The molecule has 1 aliphatic heterocycles. The second kappa shape index (κ2) is 4.94. The van der Waals surface area contributed by atoms with Gasteiger partial charge in [0.2, 0.25) is 0 Å². The van der Waals surface area contributed by atoms with E-state index in [9.17, 15) is 0 Å². The van der Waals surface area contributed by atoms with Gasteiger partial charge in [0.15, 0.2) is 0 Å². The summed E-state index contributed by atoms with van der Waals surface area (Å²) in [5, 5.41) is 0. The normalized spacial score (nSPS) is 24.9. The van der Waals surface area contributed by atoms with Crippen LogP contribution in [0, 0.1) is 0 Å². The first-order chi connectivity index (χ1) is 6.15. The molecule has 1 atom stereocenters. The van der Waals surface area contributed by atoms with Crippen LogP contribution in [0.15, 0.2) is 0 Å². The molecule has 0 aromatic rings. The molecule has 1 aliphatic rings. The molecule has 13 heavy (non-hydrogen) atoms. The molecule has 1 fully saturated rings. The Bertz CT molecular complexity index is 147. The quantitative estimate of drug-likeness (QED) is 0.686. The maximum Gasteiger partial charge on any atom is 0.0238 e. The maximum atomic E-state index is 5.61. The summed E-state index contributed by atoms with van der Waals surface area (Å²) in [7, 11) is 2.20. The molecule has 1 rings (SSSR count). The molecule has 0 radical (unpaired) electrons. The maximum absolute atomic E-state index is 5.61. The van der Waals surface area contributed by atoms with Crippen LogP contribution in [0.5, 0.6) is 0 Å². The molecular weight excluding hydrogens is 162 g/mol. The van der Waals surface area contributed by atoms with Gasteiger partial charge in [0, 0.05) is 31.7 Å². The van der Waals surface area contributed by atoms with Crippen molar-refractivity contribution in [3.05, 3.63) is 0 Å². The molecule has 0 aliphatic carbocycles. The van der Waals surface area contributed by atoms with Crippen LogP contribution in [0.3, 0.4) is 0 Å². The molecule has 3 heteroatoms. The Morgan fingerprint density at radius 2 is 2.23 bits per heavy atom. The molecule has 0 aromatic carbocycles. The Balaban J connectivity index is 2.44. The van der Waals surface area contributed by atoms with E-state index in [4.69, 9.17) is 5.73 Å². The molecule has 0 unspecified atom stereocenters. The monoisotopic (exact) mass is 185 g/mol. The van der Waals surface area contributed by atoms with Crippen molar-refractivity contribution < 1.29 is 0 Å². The molecular formula is C10H23N3. The van der Waals surface area contributed by atoms with Crippen LogP contribution in [-0.2, 0) is 0 Å². The van der Waals surface area contributed by atoms with Gasteiger partial charge in [0.05, 0.1) is 0 Å². The van der Waals surface area contributed by atoms with Gasteiger partial charge < -0.3 is 10.6 Å². The van der Waals surface area contributed by atoms with E-state index in [1.807, 2.05) is 0 Å². The van der Waals surface area contributed by atoms with Crippen molar-refractivity contribution in [1.29, 1.82) is 0 Å². The molecule has 3 nitrogen and oxygen atoms in total. The SMILES string of the molecule is CC(C)N(CCN)[C@H]1CCN(C)C1. The summed E-state index contributed by atoms with van der Waals surface area (Å²) in [6.07, 6.45) is 1.30. The van der Waals surface area contributed by atoms with E-state index in [0.29, 0.717) is 6.04 Å². The van der Waals surface area contributed by atoms with Crippen LogP contribution in [0.25, 0.3) is 0 Å². The zero-order chi connectivity index (χ0) is 9.84. The van der Waals surface area contributed by atoms with E-state index in [0.717, 1.165) is 19.1 Å². The lowest BCUT2D eigenvalue weighted by Crippen LogP contribution is -2.44. The zero-order valence-corrected chi connectivity index (χ0v) is 9.16. The van der Waals surface area contributed by atoms with E-state index in [2.05, 4.69) is 30.7 Å². The Labute approximate surface area is 81.9 Å². The molecule has 0 saturated carbocycles. The molecule has 0 spiro atoms. The summed E-state index contributed by atoms with van der Waals surface area (Å²) in [4.78, 5) is 4.93. The molecule has 0 aromatic heterocycles. The van der Waals surface area contributed by atoms with Gasteiger partial charge >= 0.3 is 0 Å². The summed E-state index contributed by atoms with van der Waals surface area (Å²) in [6.45, 7) is 8.77. The third kappa shape index (κ3) is 2.93. The van der Waals surface area contributed by atoms with Gasteiger partial charge in [-0.1, -0.05) is 0 Å². The fraction of sp³-hybridized carbons (Fsp3) is 1.00. The molecule has 2 N–H and O–H groups in total. The Kier molecular flexibility index (Phi) is 4.16. The van der Waals surface area contributed by atoms with Gasteiger partial charge in [-0.15, -0.1) is 0 Å². The molecule has 0 amide bonds. The highest BCUT2D eigenvalue weighted by atomic mass is 15.3. The van der Waals surface area contributed by atoms with Crippen LogP contribution in [-0.4, -0.2) is 55.1 Å². The Hall–Kier alpha value is -0.120. The third-order valence-electron chi connectivity index (χ3n) is 2.89. The highest BCUT2D eigenvalue weighted by Gasteiger charge is 2.26. The minimum atomic E-state index is 0.625. The lowest BCUT2D eigenvalue weighted by Gasteiger charge is -2.32. The standard InChI is InChI=1S/C10H23N3/c1-9(2)13(7-5-11)10-4-6-12(3)8-10/h9-10H,4-8,11H2,1-3H3/t10-/m0/s1. The summed E-state index contributed by atoms with van der Waals surface area (Å²) >= 11 is 0. The fourth-order valence-corrected chi connectivity index (χ4v) is 2.19. The van der Waals surface area contributed by atoms with Crippen LogP contribution in [0.2, 0.25) is 0 Å². The Morgan fingerprint density at radius 3 is 2.62 bits per heavy atom. The van der Waals surface area contributed by atoms with Crippen molar-refractivity contribution in [2.24, 2.45) is 5.73 Å². The first kappa shape index (κ1) is 11.0. The van der Waals surface area contributed by atoms with E-state index in [1.54, 1.807) is 0 Å². The third-order valence-corrected chi connectivity index (χ3v) is 2.89. The summed E-state index contributed by atoms with van der Waals surface area (Å²) in [6, 6.07) is 1.36. The van der Waals surface area contributed by atoms with E-state index in [-0.39, 0.29) is 0 Å². The second-order valence-electron chi connectivity index (χ2n) is 4.32. The topological polar surface area (TPSA) is 32.5 Å². The van der Waals surface area contributed by atoms with Crippen molar-refractivity contribution in [2.45, 2.75) is 32.4 Å². The highest BCUT2D eigenvalue weighted by Crippen LogP contribution is 2.15. The zero-order valence-electron chi connectivity index (χ0n) is 9.16. The van der Waals surface area contributed by atoms with E-state index in [1.165, 1.54) is 19.5 Å². The Morgan fingerprint density at radius 1 is 1.54 bits per heavy atom. The first-order valence-electron chi connectivity index (χ1n) is 5.29. The van der Waals surface area contributed by atoms with Crippen LogP contribution >= 0.6 is 0 Å². The predicted octanol–water partition coefficient (Wildman–Crippen LogP) is 0.360. The van der Waals surface area contributed by atoms with Crippen LogP contribution in [0.4, 0.5) is 0 Å². The lowest BCUT2D eigenvalue weighted by atomic mass is 10.2. The van der Waals surface area contributed by atoms with Crippen molar-refractivity contribution in [3.63, 3.8) is 0 Å². The average molecular weight is 185 g/mol. The molecule has 1 saturated heterocycles. The minimum absolute atomic E-state index is 0.625. The number of likely N-dealkylation sites (tertiary alicyclic amines) is 1. The molecule has 0 bridgehead atoms. The van der Waals surface area contributed by atoms with Crippen molar-refractivity contribution >= 4 is 0 Å². The first-order valence-corrected chi connectivity index (χ1v) is 5.29. The summed E-state index contributed by atoms with van der Waals surface area (Å²) < 4.78 is 0. The lowest BCUT2D eigenvalue weighted by molar-refractivity contribution is 0.160. The van der Waals surface area contributed by atoms with E-state index >= 15 is 0 Å². The van der Waals surface area contributed by atoms with Crippen LogP contribution < -0.4 is 5.73 Å². The van der Waals surface area contributed by atoms with Crippen molar-refractivity contribution in [1.82, 2.24) is 9.80 Å². The van der Waals surface area contributed by atoms with Crippen molar-refractivity contribution in [3.8, 4) is 0 Å². The number of hydrogen-bond acceptors (Lipinski definition) is 3. The molecule has 78 valence electrons. The highest BCUT2D eigenvalue weighted by molar-refractivity contribution is 4.83. The van der Waals surface area contributed by atoms with Crippen LogP contribution in [0.1, 0.15) is 20.3 Å². The van der Waals surface area contributed by atoms with E-state index < -0.39 is 0 Å². The van der Waals surface area contributed by atoms with Gasteiger partial charge in [-0.05, 0) is 33.9 Å². The second-order valence-corrected chi connectivity index (χ2v) is 4.32. The van der Waals surface area contributed by atoms with Gasteiger partial charge in [-0.25, -0.2) is 0 Å². The fourth-order valence-electron chi connectivity index (χ4n) is 2.19. The number of likely N-dealkylation sites (N-methyl/N-ethyl adjacent to an activating group) is 1. The average Bonchev–Trinajstić information content (AvgIpc) is 2.46. The van der Waals surface area contributed by atoms with Crippen molar-refractivity contribution in [2.75, 3.05) is 33.2 Å². The summed E-state index contributed by atoms with van der Waals surface area (Å²) in [5.74, 6) is 0. The number of nitrogens with two attached hydrogens (primary N) is 1. The number of hydrogen-bond donors (Lipinski definition) is 1. The van der Waals surface area contributed by atoms with Gasteiger partial charge in [-0.3, -0.25) is 4.90 Å². The number of nitrogens with zero attached hydrogens (tertiary/aromatic N) is 2. The van der Waals surface area contributed by atoms with Gasteiger partial charge in [0.25, 0.3) is 0 Å². The van der Waals surface area contributed by atoms with Gasteiger partial charge in [0.1, 0.15) is 0 Å². The summed E-state index contributed by atoms with van der Waals surface area (Å²) in [5.41, 5.74) is 5.61. The van der Waals surface area contributed by atoms with Gasteiger partial charge in [-0.2, -0.15) is 0 Å².